The van der Waals surface area contributed by atoms with Crippen LogP contribution in [-0.2, 0) is 14.8 Å². The number of amides is 1. The molecule has 2 aromatic rings. The molecule has 1 aromatic carbocycles. The largest absolute Gasteiger partial charge is 0.454 e. The van der Waals surface area contributed by atoms with E-state index in [0.29, 0.717) is 17.2 Å². The summed E-state index contributed by atoms with van der Waals surface area (Å²) in [6.07, 6.45) is 0. The average molecular weight is 340 g/mol. The molecule has 1 aliphatic heterocycles. The zero-order chi connectivity index (χ0) is 15.6. The van der Waals surface area contributed by atoms with Crippen LogP contribution in [0.4, 0.5) is 5.69 Å². The summed E-state index contributed by atoms with van der Waals surface area (Å²) in [4.78, 5) is 11.8. The molecule has 3 rings (SSSR count). The lowest BCUT2D eigenvalue weighted by Gasteiger charge is -2.07. The van der Waals surface area contributed by atoms with Crippen LogP contribution < -0.4 is 19.5 Å². The van der Waals surface area contributed by atoms with E-state index < -0.39 is 15.9 Å². The fourth-order valence-corrected chi connectivity index (χ4v) is 3.85. The summed E-state index contributed by atoms with van der Waals surface area (Å²) in [6.45, 7) is -0.206. The predicted molar refractivity (Wildman–Crippen MR) is 80.7 cm³/mol. The van der Waals surface area contributed by atoms with Crippen molar-refractivity contribution in [2.45, 2.75) is 4.21 Å². The standard InChI is InChI=1S/C13H12N2O5S2/c16-12(7-14-22(17,18)13-2-1-5-21-13)15-9-3-4-10-11(6-9)20-8-19-10/h1-6,14H,7-8H2,(H,15,16). The topological polar surface area (TPSA) is 93.7 Å². The van der Waals surface area contributed by atoms with Gasteiger partial charge in [-0.3, -0.25) is 4.79 Å². The maximum Gasteiger partial charge on any atom is 0.250 e. The highest BCUT2D eigenvalue weighted by Crippen LogP contribution is 2.34. The lowest BCUT2D eigenvalue weighted by molar-refractivity contribution is -0.115. The quantitative estimate of drug-likeness (QED) is 0.858. The molecule has 0 radical (unpaired) electrons. The monoisotopic (exact) mass is 340 g/mol. The molecule has 0 saturated carbocycles. The second-order valence-electron chi connectivity index (χ2n) is 4.37. The molecule has 2 N–H and O–H groups in total. The van der Waals surface area contributed by atoms with Crippen LogP contribution in [0.3, 0.4) is 0 Å². The minimum atomic E-state index is -3.65. The zero-order valence-corrected chi connectivity index (χ0v) is 12.9. The molecule has 0 spiro atoms. The molecule has 0 unspecified atom stereocenters. The van der Waals surface area contributed by atoms with Crippen LogP contribution in [0, 0.1) is 0 Å². The first-order valence-electron chi connectivity index (χ1n) is 6.27. The number of rotatable bonds is 5. The SMILES string of the molecule is O=C(CNS(=O)(=O)c1cccs1)Nc1ccc2c(c1)OCO2. The third-order valence-corrected chi connectivity index (χ3v) is 5.64. The predicted octanol–water partition coefficient (Wildman–Crippen LogP) is 1.39. The van der Waals surface area contributed by atoms with E-state index >= 15 is 0 Å². The fourth-order valence-electron chi connectivity index (χ4n) is 1.83. The molecule has 1 amide bonds. The lowest BCUT2D eigenvalue weighted by atomic mass is 10.3. The number of fused-ring (bicyclic) bond motifs is 1. The molecule has 0 bridgehead atoms. The Morgan fingerprint density at radius 2 is 2.05 bits per heavy atom. The van der Waals surface area contributed by atoms with Crippen molar-refractivity contribution in [1.82, 2.24) is 4.72 Å². The minimum absolute atomic E-state index is 0.146. The van der Waals surface area contributed by atoms with Gasteiger partial charge in [-0.15, -0.1) is 11.3 Å². The highest BCUT2D eigenvalue weighted by Gasteiger charge is 2.17. The van der Waals surface area contributed by atoms with Crippen LogP contribution in [0.5, 0.6) is 11.5 Å². The Labute approximate surface area is 130 Å². The smallest absolute Gasteiger partial charge is 0.250 e. The summed E-state index contributed by atoms with van der Waals surface area (Å²) in [5, 5.41) is 4.25. The number of sulfonamides is 1. The number of nitrogens with one attached hydrogen (secondary N) is 2. The molecule has 1 aromatic heterocycles. The molecule has 22 heavy (non-hydrogen) atoms. The number of hydrogen-bond acceptors (Lipinski definition) is 6. The first kappa shape index (κ1) is 14.8. The fraction of sp³-hybridized carbons (Fsp3) is 0.154. The second-order valence-corrected chi connectivity index (χ2v) is 7.31. The van der Waals surface area contributed by atoms with Crippen LogP contribution >= 0.6 is 11.3 Å². The van der Waals surface area contributed by atoms with Crippen molar-refractivity contribution in [3.05, 3.63) is 35.7 Å². The lowest BCUT2D eigenvalue weighted by Crippen LogP contribution is -2.32. The minimum Gasteiger partial charge on any atom is -0.454 e. The molecule has 0 saturated heterocycles. The Hall–Kier alpha value is -2.10. The molecule has 1 aliphatic rings. The molecule has 0 fully saturated rings. The number of thiophene rings is 1. The third kappa shape index (κ3) is 3.21. The van der Waals surface area contributed by atoms with Gasteiger partial charge in [0.2, 0.25) is 12.7 Å². The van der Waals surface area contributed by atoms with Gasteiger partial charge in [-0.1, -0.05) is 6.07 Å². The van der Waals surface area contributed by atoms with Crippen LogP contribution in [0.25, 0.3) is 0 Å². The average Bonchev–Trinajstić information content (AvgIpc) is 3.16. The van der Waals surface area contributed by atoms with E-state index in [1.54, 1.807) is 29.6 Å². The Kier molecular flexibility index (Phi) is 4.01. The highest BCUT2D eigenvalue weighted by atomic mass is 32.2. The summed E-state index contributed by atoms with van der Waals surface area (Å²) in [5.74, 6) is 0.673. The van der Waals surface area contributed by atoms with E-state index in [-0.39, 0.29) is 17.5 Å². The Bertz CT molecular complexity index is 787. The van der Waals surface area contributed by atoms with Crippen molar-refractivity contribution in [3.8, 4) is 11.5 Å². The molecule has 116 valence electrons. The first-order valence-corrected chi connectivity index (χ1v) is 8.63. The summed E-state index contributed by atoms with van der Waals surface area (Å²) in [6, 6.07) is 8.05. The van der Waals surface area contributed by atoms with Gasteiger partial charge in [-0.25, -0.2) is 13.1 Å². The first-order chi connectivity index (χ1) is 10.5. The summed E-state index contributed by atoms with van der Waals surface area (Å²) in [5.41, 5.74) is 0.504. The molecular formula is C13H12N2O5S2. The van der Waals surface area contributed by atoms with Crippen LogP contribution in [0.15, 0.2) is 39.9 Å². The molecule has 9 heteroatoms. The number of carbonyl (C=O) groups excluding carboxylic acids is 1. The highest BCUT2D eigenvalue weighted by molar-refractivity contribution is 7.91. The maximum atomic E-state index is 11.9. The van der Waals surface area contributed by atoms with Gasteiger partial charge in [-0.2, -0.15) is 0 Å². The summed E-state index contributed by atoms with van der Waals surface area (Å²) in [7, 11) is -3.65. The number of benzene rings is 1. The van der Waals surface area contributed by atoms with Gasteiger partial charge >= 0.3 is 0 Å². The van der Waals surface area contributed by atoms with Crippen molar-refractivity contribution in [2.24, 2.45) is 0 Å². The summed E-state index contributed by atoms with van der Waals surface area (Å²) >= 11 is 1.09. The van der Waals surface area contributed by atoms with Crippen molar-refractivity contribution >= 4 is 33.0 Å². The Morgan fingerprint density at radius 1 is 1.23 bits per heavy atom. The van der Waals surface area contributed by atoms with E-state index in [2.05, 4.69) is 10.0 Å². The van der Waals surface area contributed by atoms with Crippen molar-refractivity contribution in [1.29, 1.82) is 0 Å². The van der Waals surface area contributed by atoms with E-state index in [1.165, 1.54) is 6.07 Å². The van der Waals surface area contributed by atoms with E-state index in [4.69, 9.17) is 9.47 Å². The van der Waals surface area contributed by atoms with E-state index in [0.717, 1.165) is 11.3 Å². The maximum absolute atomic E-state index is 11.9. The molecule has 7 nitrogen and oxygen atoms in total. The third-order valence-electron chi connectivity index (χ3n) is 2.84. The van der Waals surface area contributed by atoms with Crippen molar-refractivity contribution in [3.63, 3.8) is 0 Å². The van der Waals surface area contributed by atoms with Gasteiger partial charge in [0.25, 0.3) is 10.0 Å². The summed E-state index contributed by atoms with van der Waals surface area (Å²) < 4.78 is 36.6. The zero-order valence-electron chi connectivity index (χ0n) is 11.2. The van der Waals surface area contributed by atoms with Gasteiger partial charge in [0.15, 0.2) is 11.5 Å². The molecule has 0 atom stereocenters. The van der Waals surface area contributed by atoms with Crippen LogP contribution in [-0.4, -0.2) is 27.7 Å². The number of carbonyl (C=O) groups is 1. The van der Waals surface area contributed by atoms with E-state index in [9.17, 15) is 13.2 Å². The van der Waals surface area contributed by atoms with Gasteiger partial charge in [0.1, 0.15) is 4.21 Å². The van der Waals surface area contributed by atoms with Gasteiger partial charge in [0, 0.05) is 11.8 Å². The Morgan fingerprint density at radius 3 is 2.82 bits per heavy atom. The van der Waals surface area contributed by atoms with Gasteiger partial charge in [-0.05, 0) is 23.6 Å². The normalized spacial score (nSPS) is 13.1. The van der Waals surface area contributed by atoms with Gasteiger partial charge in [0.05, 0.1) is 6.54 Å². The molecule has 0 aliphatic carbocycles. The van der Waals surface area contributed by atoms with Crippen LogP contribution in [0.2, 0.25) is 0 Å². The van der Waals surface area contributed by atoms with Gasteiger partial charge < -0.3 is 14.8 Å². The molecule has 2 heterocycles. The number of anilines is 1. The van der Waals surface area contributed by atoms with Crippen LogP contribution in [0.1, 0.15) is 0 Å². The van der Waals surface area contributed by atoms with Crippen molar-refractivity contribution < 1.29 is 22.7 Å². The second kappa shape index (κ2) is 5.95. The Balaban J connectivity index is 1.59. The van der Waals surface area contributed by atoms with Crippen molar-refractivity contribution in [2.75, 3.05) is 18.7 Å². The molecular weight excluding hydrogens is 328 g/mol. The number of hydrogen-bond donors (Lipinski definition) is 2. The van der Waals surface area contributed by atoms with E-state index in [1.807, 2.05) is 0 Å². The number of ether oxygens (including phenoxy) is 2.